The predicted octanol–water partition coefficient (Wildman–Crippen LogP) is 3.31. The van der Waals surface area contributed by atoms with Gasteiger partial charge in [-0.2, -0.15) is 11.3 Å². The fourth-order valence-corrected chi connectivity index (χ4v) is 4.46. The molecule has 0 aliphatic heterocycles. The molecule has 1 nitrogen and oxygen atoms in total. The molecular formula is C14H21NS. The molecule has 3 unspecified atom stereocenters. The first kappa shape index (κ1) is 10.8. The maximum atomic E-state index is 3.56. The van der Waals surface area contributed by atoms with E-state index < -0.39 is 0 Å². The van der Waals surface area contributed by atoms with Gasteiger partial charge in [0.1, 0.15) is 0 Å². The van der Waals surface area contributed by atoms with Crippen molar-refractivity contribution in [3.63, 3.8) is 0 Å². The van der Waals surface area contributed by atoms with Crippen molar-refractivity contribution in [1.82, 2.24) is 5.32 Å². The van der Waals surface area contributed by atoms with E-state index in [4.69, 9.17) is 0 Å². The molecule has 0 radical (unpaired) electrons. The van der Waals surface area contributed by atoms with Crippen molar-refractivity contribution in [3.05, 3.63) is 22.4 Å². The van der Waals surface area contributed by atoms with E-state index in [1.165, 1.54) is 37.7 Å². The minimum Gasteiger partial charge on any atom is -0.317 e. The molecule has 3 atom stereocenters. The van der Waals surface area contributed by atoms with Crippen LogP contribution in [0, 0.1) is 17.8 Å². The second-order valence-electron chi connectivity index (χ2n) is 5.40. The molecule has 1 aromatic heterocycles. The number of aryl methyl sites for hydroxylation is 1. The summed E-state index contributed by atoms with van der Waals surface area (Å²) in [5, 5.41) is 8.04. The van der Waals surface area contributed by atoms with Gasteiger partial charge in [-0.15, -0.1) is 0 Å². The number of thiophene rings is 1. The SMILES string of the molecule is CNC(CCc1ccsc1)C1C2CCCC21. The Bertz CT molecular complexity index is 323. The van der Waals surface area contributed by atoms with E-state index in [0.29, 0.717) is 0 Å². The Labute approximate surface area is 102 Å². The van der Waals surface area contributed by atoms with Crippen LogP contribution in [0.25, 0.3) is 0 Å². The highest BCUT2D eigenvalue weighted by atomic mass is 32.1. The van der Waals surface area contributed by atoms with Crippen LogP contribution < -0.4 is 5.32 Å². The molecule has 2 aliphatic carbocycles. The van der Waals surface area contributed by atoms with Crippen molar-refractivity contribution >= 4 is 11.3 Å². The third-order valence-electron chi connectivity index (χ3n) is 4.63. The highest BCUT2D eigenvalue weighted by Gasteiger charge is 2.55. The van der Waals surface area contributed by atoms with Crippen LogP contribution in [0.4, 0.5) is 0 Å². The van der Waals surface area contributed by atoms with E-state index in [1.807, 2.05) is 11.3 Å². The van der Waals surface area contributed by atoms with Gasteiger partial charge < -0.3 is 5.32 Å². The van der Waals surface area contributed by atoms with Gasteiger partial charge in [0.05, 0.1) is 0 Å². The fraction of sp³-hybridized carbons (Fsp3) is 0.714. The van der Waals surface area contributed by atoms with Crippen molar-refractivity contribution < 1.29 is 0 Å². The molecule has 0 amide bonds. The average molecular weight is 235 g/mol. The Kier molecular flexibility index (Phi) is 3.03. The lowest BCUT2D eigenvalue weighted by atomic mass is 9.98. The summed E-state index contributed by atoms with van der Waals surface area (Å²) in [4.78, 5) is 0. The molecule has 2 fully saturated rings. The summed E-state index contributed by atoms with van der Waals surface area (Å²) in [5.41, 5.74) is 1.52. The van der Waals surface area contributed by atoms with E-state index in [0.717, 1.165) is 23.8 Å². The van der Waals surface area contributed by atoms with Gasteiger partial charge in [0.15, 0.2) is 0 Å². The second kappa shape index (κ2) is 4.50. The van der Waals surface area contributed by atoms with Gasteiger partial charge in [-0.1, -0.05) is 6.42 Å². The largest absolute Gasteiger partial charge is 0.317 e. The second-order valence-corrected chi connectivity index (χ2v) is 6.18. The number of hydrogen-bond acceptors (Lipinski definition) is 2. The molecule has 1 heterocycles. The molecule has 2 heteroatoms. The van der Waals surface area contributed by atoms with Gasteiger partial charge in [0.25, 0.3) is 0 Å². The molecule has 88 valence electrons. The molecule has 2 aliphatic rings. The van der Waals surface area contributed by atoms with Crippen LogP contribution in [0.15, 0.2) is 16.8 Å². The Balaban J connectivity index is 1.52. The third kappa shape index (κ3) is 1.93. The normalized spacial score (nSPS) is 33.7. The maximum Gasteiger partial charge on any atom is 0.0101 e. The van der Waals surface area contributed by atoms with Crippen LogP contribution in [0.3, 0.4) is 0 Å². The van der Waals surface area contributed by atoms with Gasteiger partial charge in [0.2, 0.25) is 0 Å². The summed E-state index contributed by atoms with van der Waals surface area (Å²) < 4.78 is 0. The first-order valence-electron chi connectivity index (χ1n) is 6.58. The molecule has 3 rings (SSSR count). The molecule has 0 spiro atoms. The molecule has 0 aromatic carbocycles. The number of fused-ring (bicyclic) bond motifs is 1. The van der Waals surface area contributed by atoms with Crippen molar-refractivity contribution in [3.8, 4) is 0 Å². The zero-order chi connectivity index (χ0) is 11.0. The maximum absolute atomic E-state index is 3.56. The summed E-state index contributed by atoms with van der Waals surface area (Å²) in [7, 11) is 2.15. The zero-order valence-electron chi connectivity index (χ0n) is 9.99. The third-order valence-corrected chi connectivity index (χ3v) is 5.36. The quantitative estimate of drug-likeness (QED) is 0.825. The number of nitrogens with one attached hydrogen (secondary N) is 1. The highest BCUT2D eigenvalue weighted by Crippen LogP contribution is 2.59. The van der Waals surface area contributed by atoms with E-state index in [1.54, 1.807) is 0 Å². The summed E-state index contributed by atoms with van der Waals surface area (Å²) in [5.74, 6) is 3.18. The Morgan fingerprint density at radius 1 is 1.44 bits per heavy atom. The van der Waals surface area contributed by atoms with Crippen LogP contribution in [0.2, 0.25) is 0 Å². The summed E-state index contributed by atoms with van der Waals surface area (Å²) in [6.07, 6.45) is 7.08. The Morgan fingerprint density at radius 3 is 2.88 bits per heavy atom. The zero-order valence-corrected chi connectivity index (χ0v) is 10.8. The molecule has 0 saturated heterocycles. The fourth-order valence-electron chi connectivity index (χ4n) is 3.76. The lowest BCUT2D eigenvalue weighted by Gasteiger charge is -2.17. The van der Waals surface area contributed by atoms with Gasteiger partial charge in [-0.05, 0) is 72.9 Å². The Hall–Kier alpha value is -0.340. The highest BCUT2D eigenvalue weighted by molar-refractivity contribution is 7.07. The summed E-state index contributed by atoms with van der Waals surface area (Å²) in [6.45, 7) is 0. The topological polar surface area (TPSA) is 12.0 Å². The number of hydrogen-bond donors (Lipinski definition) is 1. The van der Waals surface area contributed by atoms with E-state index >= 15 is 0 Å². The lowest BCUT2D eigenvalue weighted by molar-refractivity contribution is 0.409. The molecular weight excluding hydrogens is 214 g/mol. The van der Waals surface area contributed by atoms with E-state index in [-0.39, 0.29) is 0 Å². The van der Waals surface area contributed by atoms with Crippen molar-refractivity contribution in [2.24, 2.45) is 17.8 Å². The van der Waals surface area contributed by atoms with Crippen LogP contribution in [0.5, 0.6) is 0 Å². The van der Waals surface area contributed by atoms with Crippen LogP contribution in [-0.2, 0) is 6.42 Å². The van der Waals surface area contributed by atoms with Gasteiger partial charge in [-0.3, -0.25) is 0 Å². The van der Waals surface area contributed by atoms with Crippen LogP contribution in [0.1, 0.15) is 31.2 Å². The minimum atomic E-state index is 0.773. The van der Waals surface area contributed by atoms with Gasteiger partial charge in [0, 0.05) is 6.04 Å². The van der Waals surface area contributed by atoms with Gasteiger partial charge in [-0.25, -0.2) is 0 Å². The standard InChI is InChI=1S/C14H21NS/c1-15-13(6-5-10-7-8-16-9-10)14-11-3-2-4-12(11)14/h7-9,11-15H,2-6H2,1H3. The van der Waals surface area contributed by atoms with Gasteiger partial charge >= 0.3 is 0 Å². The van der Waals surface area contributed by atoms with Crippen molar-refractivity contribution in [2.45, 2.75) is 38.1 Å². The molecule has 1 N–H and O–H groups in total. The first-order valence-corrected chi connectivity index (χ1v) is 7.53. The van der Waals surface area contributed by atoms with Crippen molar-refractivity contribution in [1.29, 1.82) is 0 Å². The van der Waals surface area contributed by atoms with E-state index in [2.05, 4.69) is 29.2 Å². The van der Waals surface area contributed by atoms with Crippen LogP contribution >= 0.6 is 11.3 Å². The van der Waals surface area contributed by atoms with E-state index in [9.17, 15) is 0 Å². The number of rotatable bonds is 5. The molecule has 1 aromatic rings. The molecule has 0 bridgehead atoms. The van der Waals surface area contributed by atoms with Crippen LogP contribution in [-0.4, -0.2) is 13.1 Å². The Morgan fingerprint density at radius 2 is 2.25 bits per heavy atom. The van der Waals surface area contributed by atoms with Crippen molar-refractivity contribution in [2.75, 3.05) is 7.05 Å². The molecule has 2 saturated carbocycles. The predicted molar refractivity (Wildman–Crippen MR) is 69.8 cm³/mol. The lowest BCUT2D eigenvalue weighted by Crippen LogP contribution is -2.29. The smallest absolute Gasteiger partial charge is 0.0101 e. The monoisotopic (exact) mass is 235 g/mol. The first-order chi connectivity index (χ1) is 7.90. The minimum absolute atomic E-state index is 0.773. The summed E-state index contributed by atoms with van der Waals surface area (Å²) in [6, 6.07) is 3.04. The molecule has 16 heavy (non-hydrogen) atoms. The summed E-state index contributed by atoms with van der Waals surface area (Å²) >= 11 is 1.82. The average Bonchev–Trinajstić information content (AvgIpc) is 2.79.